The minimum Gasteiger partial charge on any atom is -0.211 e. The number of hydrogen-bond donors (Lipinski definition) is 0. The minimum absolute atomic E-state index is 0.263. The van der Waals surface area contributed by atoms with Crippen molar-refractivity contribution >= 4 is 33.8 Å². The fourth-order valence-electron chi connectivity index (χ4n) is 1.63. The van der Waals surface area contributed by atoms with Gasteiger partial charge in [-0.2, -0.15) is 4.99 Å². The molecule has 0 bridgehead atoms. The molecule has 1 saturated carbocycles. The number of halogens is 1. The van der Waals surface area contributed by atoms with E-state index in [1.165, 1.54) is 4.90 Å². The maximum atomic E-state index is 10.3. The van der Waals surface area contributed by atoms with E-state index >= 15 is 0 Å². The summed E-state index contributed by atoms with van der Waals surface area (Å²) in [6, 6.07) is 6.16. The molecule has 1 aliphatic rings. The Kier molecular flexibility index (Phi) is 3.01. The topological polar surface area (TPSA) is 29.4 Å². The van der Waals surface area contributed by atoms with Crippen molar-refractivity contribution in [1.29, 1.82) is 0 Å². The molecule has 1 aromatic carbocycles. The molecule has 2 rings (SSSR count). The molecule has 0 amide bonds. The van der Waals surface area contributed by atoms with E-state index in [4.69, 9.17) is 0 Å². The lowest BCUT2D eigenvalue weighted by Gasteiger charge is -2.10. The first-order chi connectivity index (χ1) is 7.22. The molecule has 0 atom stereocenters. The predicted molar refractivity (Wildman–Crippen MR) is 65.0 cm³/mol. The fraction of sp³-hybridized carbons (Fsp3) is 0.364. The minimum atomic E-state index is -0.263. The van der Waals surface area contributed by atoms with Crippen LogP contribution in [0.5, 0.6) is 0 Å². The summed E-state index contributed by atoms with van der Waals surface area (Å²) in [5.74, 6) is 0. The van der Waals surface area contributed by atoms with Gasteiger partial charge >= 0.3 is 0 Å². The van der Waals surface area contributed by atoms with Crippen molar-refractivity contribution in [3.8, 4) is 0 Å². The second kappa shape index (κ2) is 4.12. The molecule has 0 saturated heterocycles. The summed E-state index contributed by atoms with van der Waals surface area (Å²) in [7, 11) is 0. The first kappa shape index (κ1) is 10.9. The van der Waals surface area contributed by atoms with Crippen LogP contribution in [-0.4, -0.2) is 12.3 Å². The van der Waals surface area contributed by atoms with Crippen LogP contribution in [0.15, 0.2) is 32.6 Å². The van der Waals surface area contributed by atoms with Gasteiger partial charge in [-0.05, 0) is 52.7 Å². The summed E-state index contributed by atoms with van der Waals surface area (Å²) >= 11 is 5.21. The van der Waals surface area contributed by atoms with Crippen molar-refractivity contribution in [2.45, 2.75) is 23.3 Å². The largest absolute Gasteiger partial charge is 0.235 e. The van der Waals surface area contributed by atoms with Crippen LogP contribution in [0.25, 0.3) is 0 Å². The Balaban J connectivity index is 2.38. The van der Waals surface area contributed by atoms with Crippen molar-refractivity contribution in [3.63, 3.8) is 0 Å². The Morgan fingerprint density at radius 2 is 2.27 bits per heavy atom. The molecule has 0 radical (unpaired) electrons. The van der Waals surface area contributed by atoms with E-state index in [0.29, 0.717) is 0 Å². The van der Waals surface area contributed by atoms with Gasteiger partial charge in [0.05, 0.1) is 5.54 Å². The van der Waals surface area contributed by atoms with Crippen molar-refractivity contribution in [1.82, 2.24) is 0 Å². The fourth-order valence-corrected chi connectivity index (χ4v) is 2.95. The third-order valence-corrected chi connectivity index (χ3v) is 4.39. The van der Waals surface area contributed by atoms with Crippen molar-refractivity contribution in [3.05, 3.63) is 28.2 Å². The Morgan fingerprint density at radius 1 is 1.53 bits per heavy atom. The lowest BCUT2D eigenvalue weighted by atomic mass is 10.1. The molecular formula is C11H10BrNOS. The lowest BCUT2D eigenvalue weighted by Crippen LogP contribution is -2.01. The van der Waals surface area contributed by atoms with E-state index in [-0.39, 0.29) is 5.54 Å². The smallest absolute Gasteiger partial charge is 0.211 e. The average molecular weight is 284 g/mol. The molecule has 1 fully saturated rings. The summed E-state index contributed by atoms with van der Waals surface area (Å²) in [5, 5.41) is 0. The molecule has 2 nitrogen and oxygen atoms in total. The first-order valence-electron chi connectivity index (χ1n) is 4.65. The second-order valence-electron chi connectivity index (χ2n) is 3.58. The van der Waals surface area contributed by atoms with E-state index in [9.17, 15) is 4.79 Å². The van der Waals surface area contributed by atoms with Crippen LogP contribution in [0.4, 0.5) is 0 Å². The molecule has 0 aliphatic heterocycles. The third kappa shape index (κ3) is 2.03. The van der Waals surface area contributed by atoms with Gasteiger partial charge < -0.3 is 0 Å². The van der Waals surface area contributed by atoms with Gasteiger partial charge in [0, 0.05) is 9.37 Å². The zero-order valence-corrected chi connectivity index (χ0v) is 10.7. The molecule has 0 unspecified atom stereocenters. The molecule has 0 aromatic heterocycles. The lowest BCUT2D eigenvalue weighted by molar-refractivity contribution is 0.556. The van der Waals surface area contributed by atoms with Gasteiger partial charge in [-0.25, -0.2) is 4.79 Å². The standard InChI is InChI=1S/C11H10BrNOS/c1-15-10-3-2-8(6-9(10)12)11(4-5-11)13-7-14/h2-3,6H,4-5H2,1H3. The number of nitrogens with zero attached hydrogens (tertiary/aromatic N) is 1. The maximum absolute atomic E-state index is 10.3. The highest BCUT2D eigenvalue weighted by atomic mass is 79.9. The molecule has 0 heterocycles. The Labute approximate surface area is 101 Å². The number of aliphatic imine (C=N–C) groups is 1. The quantitative estimate of drug-likeness (QED) is 0.483. The zero-order valence-electron chi connectivity index (χ0n) is 8.29. The van der Waals surface area contributed by atoms with Crippen molar-refractivity contribution in [2.24, 2.45) is 4.99 Å². The molecular weight excluding hydrogens is 274 g/mol. The average Bonchev–Trinajstić information content (AvgIpc) is 2.99. The van der Waals surface area contributed by atoms with Crippen LogP contribution in [0.3, 0.4) is 0 Å². The normalized spacial score (nSPS) is 16.9. The number of hydrogen-bond acceptors (Lipinski definition) is 3. The Hall–Kier alpha value is -0.570. The maximum Gasteiger partial charge on any atom is 0.235 e. The molecule has 15 heavy (non-hydrogen) atoms. The van der Waals surface area contributed by atoms with Crippen molar-refractivity contribution in [2.75, 3.05) is 6.26 Å². The van der Waals surface area contributed by atoms with Gasteiger partial charge in [0.15, 0.2) is 0 Å². The van der Waals surface area contributed by atoms with Crippen LogP contribution < -0.4 is 0 Å². The molecule has 4 heteroatoms. The number of isocyanates is 1. The monoisotopic (exact) mass is 283 g/mol. The Morgan fingerprint density at radius 3 is 2.73 bits per heavy atom. The molecule has 78 valence electrons. The van der Waals surface area contributed by atoms with Crippen LogP contribution in [0.1, 0.15) is 18.4 Å². The van der Waals surface area contributed by atoms with E-state index in [1.54, 1.807) is 17.8 Å². The highest BCUT2D eigenvalue weighted by Gasteiger charge is 2.44. The summed E-state index contributed by atoms with van der Waals surface area (Å²) < 4.78 is 1.07. The SMILES string of the molecule is CSc1ccc(C2(N=C=O)CC2)cc1Br. The van der Waals surface area contributed by atoms with Gasteiger partial charge in [-0.15, -0.1) is 11.8 Å². The highest BCUT2D eigenvalue weighted by molar-refractivity contribution is 9.10. The van der Waals surface area contributed by atoms with Crippen LogP contribution in [0.2, 0.25) is 0 Å². The number of carbonyl (C=O) groups excluding carboxylic acids is 1. The van der Waals surface area contributed by atoms with Crippen LogP contribution >= 0.6 is 27.7 Å². The number of benzene rings is 1. The van der Waals surface area contributed by atoms with Gasteiger partial charge in [-0.1, -0.05) is 6.07 Å². The van der Waals surface area contributed by atoms with Gasteiger partial charge in [0.25, 0.3) is 0 Å². The van der Waals surface area contributed by atoms with Crippen LogP contribution in [0, 0.1) is 0 Å². The van der Waals surface area contributed by atoms with Crippen molar-refractivity contribution < 1.29 is 4.79 Å². The summed E-state index contributed by atoms with van der Waals surface area (Å²) in [4.78, 5) is 15.4. The number of thioether (sulfide) groups is 1. The van der Waals surface area contributed by atoms with E-state index < -0.39 is 0 Å². The van der Waals surface area contributed by atoms with Gasteiger partial charge in [-0.3, -0.25) is 0 Å². The van der Waals surface area contributed by atoms with E-state index in [1.807, 2.05) is 12.3 Å². The molecule has 1 aliphatic carbocycles. The predicted octanol–water partition coefficient (Wildman–Crippen LogP) is 3.50. The van der Waals surface area contributed by atoms with Gasteiger partial charge in [0.1, 0.15) is 0 Å². The van der Waals surface area contributed by atoms with Gasteiger partial charge in [0.2, 0.25) is 6.08 Å². The molecule has 0 N–H and O–H groups in total. The summed E-state index contributed by atoms with van der Waals surface area (Å²) in [6.45, 7) is 0. The summed E-state index contributed by atoms with van der Waals surface area (Å²) in [5.41, 5.74) is 0.844. The second-order valence-corrected chi connectivity index (χ2v) is 5.29. The van der Waals surface area contributed by atoms with E-state index in [2.05, 4.69) is 33.1 Å². The summed E-state index contributed by atoms with van der Waals surface area (Å²) in [6.07, 6.45) is 5.61. The third-order valence-electron chi connectivity index (χ3n) is 2.67. The molecule has 0 spiro atoms. The molecule has 1 aromatic rings. The number of rotatable bonds is 3. The highest BCUT2D eigenvalue weighted by Crippen LogP contribution is 2.50. The Bertz CT molecular complexity index is 436. The van der Waals surface area contributed by atoms with Crippen LogP contribution in [-0.2, 0) is 10.3 Å². The first-order valence-corrected chi connectivity index (χ1v) is 6.67. The zero-order chi connectivity index (χ0) is 10.9. The van der Waals surface area contributed by atoms with E-state index in [0.717, 1.165) is 22.9 Å².